The van der Waals surface area contributed by atoms with E-state index < -0.39 is 6.10 Å². The summed E-state index contributed by atoms with van der Waals surface area (Å²) in [7, 11) is 3.58. The molecule has 2 N–H and O–H groups in total. The van der Waals surface area contributed by atoms with Crippen molar-refractivity contribution in [3.05, 3.63) is 47.0 Å². The molecule has 1 unspecified atom stereocenters. The number of benzene rings is 1. The van der Waals surface area contributed by atoms with Crippen molar-refractivity contribution >= 4 is 0 Å². The summed E-state index contributed by atoms with van der Waals surface area (Å²) in [5, 5.41) is 17.1. The fourth-order valence-corrected chi connectivity index (χ4v) is 4.91. The average Bonchev–Trinajstić information content (AvgIpc) is 3.16. The Balaban J connectivity index is 1.69. The molecule has 0 spiro atoms. The number of aliphatic hydroxyl groups excluding tert-OH is 1. The van der Waals surface area contributed by atoms with Crippen LogP contribution in [0.3, 0.4) is 0 Å². The number of likely N-dealkylation sites (N-methyl/N-ethyl adjacent to an activating group) is 1. The van der Waals surface area contributed by atoms with Gasteiger partial charge in [-0.3, -0.25) is 0 Å². The lowest BCUT2D eigenvalue weighted by molar-refractivity contribution is -0.0900. The van der Waals surface area contributed by atoms with E-state index in [1.54, 1.807) is 14.2 Å². The summed E-state index contributed by atoms with van der Waals surface area (Å²) in [6.07, 6.45) is 2.31. The van der Waals surface area contributed by atoms with Crippen molar-refractivity contribution in [2.24, 2.45) is 5.92 Å². The van der Waals surface area contributed by atoms with E-state index >= 15 is 0 Å². The Kier molecular flexibility index (Phi) is 7.54. The molecule has 0 radical (unpaired) electrons. The summed E-state index contributed by atoms with van der Waals surface area (Å²) in [6.45, 7) is 8.76. The second-order valence-electron chi connectivity index (χ2n) is 9.85. The molecule has 1 saturated carbocycles. The zero-order chi connectivity index (χ0) is 25.2. The van der Waals surface area contributed by atoms with Crippen LogP contribution in [0.2, 0.25) is 0 Å². The van der Waals surface area contributed by atoms with Crippen LogP contribution in [0.1, 0.15) is 42.5 Å². The first-order chi connectivity index (χ1) is 16.7. The highest BCUT2D eigenvalue weighted by Gasteiger charge is 2.40. The van der Waals surface area contributed by atoms with E-state index in [0.29, 0.717) is 24.0 Å². The maximum absolute atomic E-state index is 9.99. The number of hydrogen-bond acceptors (Lipinski definition) is 8. The van der Waals surface area contributed by atoms with Crippen LogP contribution < -0.4 is 10.1 Å². The molecule has 3 aromatic rings. The van der Waals surface area contributed by atoms with Crippen LogP contribution in [-0.4, -0.2) is 59.2 Å². The lowest BCUT2D eigenvalue weighted by Crippen LogP contribution is -2.43. The van der Waals surface area contributed by atoms with E-state index in [1.807, 2.05) is 38.1 Å². The summed E-state index contributed by atoms with van der Waals surface area (Å²) < 4.78 is 16.9. The molecule has 1 aliphatic carbocycles. The lowest BCUT2D eigenvalue weighted by Gasteiger charge is -2.44. The maximum Gasteiger partial charge on any atom is 0.160 e. The largest absolute Gasteiger partial charge is 0.491 e. The van der Waals surface area contributed by atoms with Crippen LogP contribution in [-0.2, 0) is 11.2 Å². The van der Waals surface area contributed by atoms with Crippen LogP contribution in [0, 0.1) is 26.7 Å². The van der Waals surface area contributed by atoms with Crippen molar-refractivity contribution in [2.75, 3.05) is 27.3 Å². The van der Waals surface area contributed by atoms with Gasteiger partial charge in [0.15, 0.2) is 5.82 Å². The van der Waals surface area contributed by atoms with Gasteiger partial charge in [-0.2, -0.15) is 0 Å². The lowest BCUT2D eigenvalue weighted by atomic mass is 9.69. The standard InChI is InChI=1S/C27H36N4O4/c1-16-23(10-19-12-27(4,13-19)33-6)29-26(30-25(16)24-17(2)31-35-18(24)3)20-8-7-9-22(11-20)34-15-21(32)14-28-5/h7-9,11,19,21,28,32H,10,12-15H2,1-6H3. The topological polar surface area (TPSA) is 103 Å². The summed E-state index contributed by atoms with van der Waals surface area (Å²) in [5.74, 6) is 2.56. The number of nitrogens with zero attached hydrogens (tertiary/aromatic N) is 3. The van der Waals surface area contributed by atoms with Gasteiger partial charge in [0.2, 0.25) is 0 Å². The van der Waals surface area contributed by atoms with Gasteiger partial charge in [0, 0.05) is 24.9 Å². The Labute approximate surface area is 207 Å². The van der Waals surface area contributed by atoms with Crippen molar-refractivity contribution < 1.29 is 19.1 Å². The third kappa shape index (κ3) is 5.55. The van der Waals surface area contributed by atoms with Gasteiger partial charge in [-0.15, -0.1) is 0 Å². The molecule has 0 amide bonds. The van der Waals surface area contributed by atoms with Crippen molar-refractivity contribution in [3.8, 4) is 28.4 Å². The second kappa shape index (κ2) is 10.4. The average molecular weight is 481 g/mol. The molecule has 4 rings (SSSR count). The van der Waals surface area contributed by atoms with Gasteiger partial charge in [-0.1, -0.05) is 17.3 Å². The van der Waals surface area contributed by atoms with Crippen LogP contribution in [0.25, 0.3) is 22.6 Å². The van der Waals surface area contributed by atoms with Crippen LogP contribution in [0.15, 0.2) is 28.8 Å². The predicted octanol–water partition coefficient (Wildman–Crippen LogP) is 4.04. The van der Waals surface area contributed by atoms with E-state index in [-0.39, 0.29) is 12.2 Å². The first-order valence-electron chi connectivity index (χ1n) is 12.1. The zero-order valence-corrected chi connectivity index (χ0v) is 21.5. The number of ether oxygens (including phenoxy) is 2. The molecule has 8 nitrogen and oxygen atoms in total. The Morgan fingerprint density at radius 2 is 2.00 bits per heavy atom. The van der Waals surface area contributed by atoms with Gasteiger partial charge in [-0.05, 0) is 77.6 Å². The van der Waals surface area contributed by atoms with E-state index in [2.05, 4.69) is 24.3 Å². The molecule has 0 saturated heterocycles. The highest BCUT2D eigenvalue weighted by molar-refractivity contribution is 5.71. The van der Waals surface area contributed by atoms with Crippen molar-refractivity contribution in [1.29, 1.82) is 0 Å². The van der Waals surface area contributed by atoms with E-state index in [1.165, 1.54) is 0 Å². The molecule has 1 aliphatic rings. The number of nitrogens with one attached hydrogen (secondary N) is 1. The Morgan fingerprint density at radius 3 is 2.66 bits per heavy atom. The van der Waals surface area contributed by atoms with Gasteiger partial charge < -0.3 is 24.4 Å². The SMILES string of the molecule is CNCC(O)COc1cccc(-c2nc(CC3CC(C)(OC)C3)c(C)c(-c3c(C)noc3C)n2)c1. The molecule has 1 atom stereocenters. The monoisotopic (exact) mass is 480 g/mol. The summed E-state index contributed by atoms with van der Waals surface area (Å²) >= 11 is 0. The first kappa shape index (κ1) is 25.3. The smallest absolute Gasteiger partial charge is 0.160 e. The van der Waals surface area contributed by atoms with Gasteiger partial charge >= 0.3 is 0 Å². The number of aromatic nitrogens is 3. The quantitative estimate of drug-likeness (QED) is 0.448. The summed E-state index contributed by atoms with van der Waals surface area (Å²) in [4.78, 5) is 9.99. The second-order valence-corrected chi connectivity index (χ2v) is 9.85. The van der Waals surface area contributed by atoms with Crippen LogP contribution >= 0.6 is 0 Å². The summed E-state index contributed by atoms with van der Waals surface area (Å²) in [6, 6.07) is 7.69. The number of aliphatic hydroxyl groups is 1. The van der Waals surface area contributed by atoms with E-state index in [4.69, 9.17) is 24.0 Å². The molecule has 2 aromatic heterocycles. The Morgan fingerprint density at radius 1 is 1.23 bits per heavy atom. The third-order valence-corrected chi connectivity index (χ3v) is 6.91. The Hall–Kier alpha value is -2.81. The molecule has 2 heterocycles. The maximum atomic E-state index is 9.99. The molecular weight excluding hydrogens is 444 g/mol. The normalized spacial score (nSPS) is 20.5. The van der Waals surface area contributed by atoms with E-state index in [0.717, 1.165) is 58.8 Å². The molecule has 1 aromatic carbocycles. The number of hydrogen-bond donors (Lipinski definition) is 2. The molecule has 188 valence electrons. The van der Waals surface area contributed by atoms with Gasteiger partial charge in [0.05, 0.1) is 22.6 Å². The van der Waals surface area contributed by atoms with Crippen LogP contribution in [0.5, 0.6) is 5.75 Å². The molecule has 35 heavy (non-hydrogen) atoms. The first-order valence-corrected chi connectivity index (χ1v) is 12.1. The molecule has 8 heteroatoms. The molecular formula is C27H36N4O4. The van der Waals surface area contributed by atoms with Gasteiger partial charge in [-0.25, -0.2) is 9.97 Å². The summed E-state index contributed by atoms with van der Waals surface area (Å²) in [5.41, 5.74) is 5.49. The van der Waals surface area contributed by atoms with Crippen LogP contribution in [0.4, 0.5) is 0 Å². The Bertz CT molecular complexity index is 1150. The highest BCUT2D eigenvalue weighted by atomic mass is 16.5. The van der Waals surface area contributed by atoms with Gasteiger partial charge in [0.1, 0.15) is 24.2 Å². The number of aryl methyl sites for hydroxylation is 2. The fourth-order valence-electron chi connectivity index (χ4n) is 4.91. The minimum absolute atomic E-state index is 0.0392. The molecule has 0 bridgehead atoms. The van der Waals surface area contributed by atoms with Crippen molar-refractivity contribution in [3.63, 3.8) is 0 Å². The highest BCUT2D eigenvalue weighted by Crippen LogP contribution is 2.42. The van der Waals surface area contributed by atoms with Crippen molar-refractivity contribution in [1.82, 2.24) is 20.4 Å². The van der Waals surface area contributed by atoms with Crippen molar-refractivity contribution in [2.45, 2.75) is 58.7 Å². The number of methoxy groups -OCH3 is 1. The minimum atomic E-state index is -0.586. The van der Waals surface area contributed by atoms with Gasteiger partial charge in [0.25, 0.3) is 0 Å². The zero-order valence-electron chi connectivity index (χ0n) is 21.5. The minimum Gasteiger partial charge on any atom is -0.491 e. The number of rotatable bonds is 10. The fraction of sp³-hybridized carbons (Fsp3) is 0.519. The third-order valence-electron chi connectivity index (χ3n) is 6.91. The predicted molar refractivity (Wildman–Crippen MR) is 134 cm³/mol. The molecule has 1 fully saturated rings. The van der Waals surface area contributed by atoms with E-state index in [9.17, 15) is 5.11 Å². The molecule has 0 aliphatic heterocycles.